The molecule has 3 aliphatic heterocycles. The number of likely N-dealkylation sites (tertiary alicyclic amines) is 1. The number of hydrogen-bond donors (Lipinski definition) is 12. The van der Waals surface area contributed by atoms with Gasteiger partial charge < -0.3 is 90.8 Å². The highest BCUT2D eigenvalue weighted by atomic mass is 16.7. The number of carboxylic acid groups (broad SMARTS) is 1. The molecule has 0 unspecified atom stereocenters. The predicted molar refractivity (Wildman–Crippen MR) is 367 cm³/mol. The highest BCUT2D eigenvalue weighted by Crippen LogP contribution is 2.34. The van der Waals surface area contributed by atoms with Gasteiger partial charge in [0.25, 0.3) is 11.8 Å². The number of aliphatic imine (C=N–C) groups is 1. The van der Waals surface area contributed by atoms with E-state index in [1.807, 2.05) is 6.92 Å². The number of primary amides is 2. The molecule has 0 aliphatic carbocycles. The number of nitrogens with one attached hydrogen (secondary N) is 4. The third-order valence-corrected chi connectivity index (χ3v) is 16.9. The number of anilines is 2. The van der Waals surface area contributed by atoms with Gasteiger partial charge in [-0.15, -0.1) is 0 Å². The van der Waals surface area contributed by atoms with Crippen molar-refractivity contribution in [2.45, 2.75) is 135 Å². The van der Waals surface area contributed by atoms with Gasteiger partial charge in [-0.05, 0) is 107 Å². The summed E-state index contributed by atoms with van der Waals surface area (Å²) in [5.41, 5.74) is 20.7. The summed E-state index contributed by atoms with van der Waals surface area (Å²) < 4.78 is 34.8. The van der Waals surface area contributed by atoms with Crippen molar-refractivity contribution in [1.29, 1.82) is 0 Å². The molecule has 0 saturated carbocycles. The van der Waals surface area contributed by atoms with Crippen LogP contribution in [0.3, 0.4) is 0 Å². The fourth-order valence-corrected chi connectivity index (χ4v) is 12.0. The lowest BCUT2D eigenvalue weighted by molar-refractivity contribution is -0.271. The topological polar surface area (TPSA) is 497 Å². The van der Waals surface area contributed by atoms with Crippen LogP contribution in [-0.4, -0.2) is 214 Å². The van der Waals surface area contributed by atoms with Gasteiger partial charge in [0.1, 0.15) is 58.9 Å². The van der Waals surface area contributed by atoms with Crippen LogP contribution in [0, 0.1) is 6.92 Å². The minimum absolute atomic E-state index is 0.00832. The number of aliphatic carboxylic acids is 1. The largest absolute Gasteiger partial charge is 0.491 e. The van der Waals surface area contributed by atoms with Crippen LogP contribution in [0.4, 0.5) is 16.7 Å². The Balaban J connectivity index is 0.850. The Bertz CT molecular complexity index is 4150. The van der Waals surface area contributed by atoms with Crippen molar-refractivity contribution in [2.24, 2.45) is 28.1 Å². The number of rotatable bonds is 34. The number of amides is 7. The van der Waals surface area contributed by atoms with Crippen LogP contribution < -0.4 is 53.8 Å². The highest BCUT2D eigenvalue weighted by Gasteiger charge is 2.49. The predicted octanol–water partition coefficient (Wildman–Crippen LogP) is 1.22. The molecular weight excluding hydrogens is 1330 g/mol. The second kappa shape index (κ2) is 34.8. The number of carbonyl (C=O) groups is 8. The van der Waals surface area contributed by atoms with E-state index in [4.69, 9.17) is 51.8 Å². The molecule has 0 bridgehead atoms. The lowest BCUT2D eigenvalue weighted by Gasteiger charge is -2.53. The summed E-state index contributed by atoms with van der Waals surface area (Å²) in [7, 11) is 0. The number of aliphatic hydroxyl groups excluding tert-OH is 3. The van der Waals surface area contributed by atoms with E-state index < -0.39 is 77.9 Å². The first kappa shape index (κ1) is 75.8. The minimum atomic E-state index is -1.97. The molecule has 3 fully saturated rings. The van der Waals surface area contributed by atoms with Gasteiger partial charge >= 0.3 is 12.1 Å². The fourth-order valence-electron chi connectivity index (χ4n) is 12.0. The Hall–Kier alpha value is -10.4. The number of allylic oxidation sites excluding steroid dienone is 3. The summed E-state index contributed by atoms with van der Waals surface area (Å²) in [6, 6.07) is 13.9. The molecule has 9 rings (SSSR count). The number of morpholine rings is 1. The van der Waals surface area contributed by atoms with Crippen molar-refractivity contribution in [2.75, 3.05) is 76.3 Å². The number of fused-ring (bicyclic) bond motifs is 2. The van der Waals surface area contributed by atoms with Gasteiger partial charge in [0.15, 0.2) is 6.10 Å². The van der Waals surface area contributed by atoms with E-state index in [1.165, 1.54) is 36.4 Å². The van der Waals surface area contributed by atoms with Gasteiger partial charge in [0.05, 0.1) is 48.6 Å². The molecule has 3 aliphatic rings. The number of carboxylic acids is 1. The molecule has 1 spiro atoms. The van der Waals surface area contributed by atoms with Crippen LogP contribution >= 0.6 is 0 Å². The first-order valence-electron chi connectivity index (χ1n) is 33.3. The molecule has 35 heteroatoms. The van der Waals surface area contributed by atoms with Gasteiger partial charge in [0, 0.05) is 101 Å². The zero-order chi connectivity index (χ0) is 73.4. The molecule has 548 valence electrons. The van der Waals surface area contributed by atoms with E-state index >= 15 is 0 Å². The molecule has 3 aromatic carbocycles. The number of aromatic nitrogens is 6. The Morgan fingerprint density at radius 1 is 0.784 bits per heavy atom. The van der Waals surface area contributed by atoms with E-state index in [0.717, 1.165) is 6.42 Å². The standard InChI is InChI=1S/C67H87N17O18/c1-5-72-46(27-38(3)68)60(92)77-64-75-44-30-41(58(69)90)15-16-47(44)82(64)21-9-10-22-83-53-45(76-65(83)78-61(93)48-28-39(4)79-84(48)6-2)31-42(59(70)91)32-50(53)97-24-12-20-80-35-67(36-80)37-81(23-26-99-67)66(96)98-34-40-14-17-49(101-63-56(89)54(87)55(88)57(102-63)62(94)95)43(29-40)33-74-52(86)18-19-73-51(85)13-8-7-11-25-100-71/h9-10,14-17,27-32,54-57,63,87-89H,5-8,11-13,18-26,33-37,68,71H2,1-4H3,(H2,69,90)(H2,70,91)(H,73,85)(H,74,86)(H,94,95)(H,75,77,92)(H,76,78,93)/b10-9+,38-27-,72-46?/t54-,55-,56+,57-,63+/m0/s1. The number of nitrogens with zero attached hydrogens (tertiary/aromatic N) is 9. The van der Waals surface area contributed by atoms with Gasteiger partial charge in [-0.1, -0.05) is 24.6 Å². The first-order chi connectivity index (χ1) is 48.9. The first-order valence-corrected chi connectivity index (χ1v) is 33.3. The van der Waals surface area contributed by atoms with Crippen molar-refractivity contribution < 1.29 is 87.3 Å². The average molecular weight is 1420 g/mol. The maximum Gasteiger partial charge on any atom is 0.410 e. The third kappa shape index (κ3) is 19.2. The van der Waals surface area contributed by atoms with Gasteiger partial charge in [0.2, 0.25) is 41.8 Å². The van der Waals surface area contributed by atoms with Crippen LogP contribution in [0.25, 0.3) is 22.1 Å². The number of aliphatic hydroxyl groups is 3. The van der Waals surface area contributed by atoms with E-state index in [1.54, 1.807) is 75.9 Å². The number of imidazole rings is 2. The van der Waals surface area contributed by atoms with Gasteiger partial charge in [-0.25, -0.2) is 25.5 Å². The maximum atomic E-state index is 14.1. The van der Waals surface area contributed by atoms with Crippen molar-refractivity contribution in [3.05, 3.63) is 112 Å². The van der Waals surface area contributed by atoms with Crippen LogP contribution in [0.15, 0.2) is 83.5 Å². The normalized spacial score (nSPS) is 18.5. The molecule has 35 nitrogen and oxygen atoms in total. The van der Waals surface area contributed by atoms with Crippen molar-refractivity contribution in [3.63, 3.8) is 0 Å². The molecule has 6 heterocycles. The number of ether oxygens (including phenoxy) is 5. The molecule has 3 saturated heterocycles. The Morgan fingerprint density at radius 2 is 1.51 bits per heavy atom. The van der Waals surface area contributed by atoms with E-state index in [2.05, 4.69) is 46.1 Å². The zero-order valence-corrected chi connectivity index (χ0v) is 57.0. The van der Waals surface area contributed by atoms with E-state index in [0.29, 0.717) is 92.1 Å². The number of unbranched alkanes of at least 4 members (excludes halogenated alkanes) is 2. The van der Waals surface area contributed by atoms with Crippen molar-refractivity contribution >= 4 is 87.2 Å². The van der Waals surface area contributed by atoms with Gasteiger partial charge in [-0.2, -0.15) is 5.10 Å². The number of benzene rings is 3. The summed E-state index contributed by atoms with van der Waals surface area (Å²) in [4.78, 5) is 126. The number of aryl methyl sites for hydroxylation is 2. The molecule has 3 aromatic heterocycles. The minimum Gasteiger partial charge on any atom is -0.491 e. The summed E-state index contributed by atoms with van der Waals surface area (Å²) in [6.07, 6.45) is -2.42. The highest BCUT2D eigenvalue weighted by molar-refractivity contribution is 6.47. The SMILES string of the molecule is CCN=C(/C=C(/C)N)C(=O)Nc1nc2cc(C(N)=O)ccc2n1C/C=C/Cn1c(NC(=O)c2cc(C)nn2CC)nc2cc(C(N)=O)cc(OCCCN3CC4(C3)CN(C(=O)OCc3ccc(O[C@@H]5O[C@H](C(=O)O)[C@@H](O)[C@H](O)[C@H]5O)c(CNC(=O)CCNC(=O)CCCCCON)c3)CCO4)c21. The molecule has 0 radical (unpaired) electrons. The van der Waals surface area contributed by atoms with Crippen LogP contribution in [0.2, 0.25) is 0 Å². The lowest BCUT2D eigenvalue weighted by atomic mass is 9.91. The second-order valence-corrected chi connectivity index (χ2v) is 24.8. The number of carbonyl (C=O) groups excluding carboxylic acids is 7. The molecule has 7 amide bonds. The van der Waals surface area contributed by atoms with Crippen molar-refractivity contribution in [1.82, 2.24) is 49.3 Å². The summed E-state index contributed by atoms with van der Waals surface area (Å²) in [6.45, 7) is 10.2. The van der Waals surface area contributed by atoms with Crippen molar-refractivity contribution in [3.8, 4) is 11.5 Å². The monoisotopic (exact) mass is 1420 g/mol. The summed E-state index contributed by atoms with van der Waals surface area (Å²) >= 11 is 0. The van der Waals surface area contributed by atoms with Crippen LogP contribution in [0.1, 0.15) is 107 Å². The quantitative estimate of drug-likeness (QED) is 0.0117. The average Bonchev–Trinajstić information content (AvgIpc) is 1.19. The second-order valence-electron chi connectivity index (χ2n) is 24.8. The number of hydrogen-bond acceptors (Lipinski definition) is 24. The maximum absolute atomic E-state index is 14.1. The molecule has 5 atom stereocenters. The molecule has 6 aromatic rings. The zero-order valence-electron chi connectivity index (χ0n) is 57.0. The summed E-state index contributed by atoms with van der Waals surface area (Å²) in [5.74, 6) is 0.729. The Morgan fingerprint density at radius 3 is 2.23 bits per heavy atom. The van der Waals surface area contributed by atoms with E-state index in [9.17, 15) is 58.8 Å². The van der Waals surface area contributed by atoms with E-state index in [-0.39, 0.29) is 135 Å². The number of nitrogens with two attached hydrogens (primary N) is 4. The smallest absolute Gasteiger partial charge is 0.410 e. The Labute approximate surface area is 585 Å². The molecule has 102 heavy (non-hydrogen) atoms. The Kier molecular flexibility index (Phi) is 25.8. The third-order valence-electron chi connectivity index (χ3n) is 16.9. The van der Waals surface area contributed by atoms with Gasteiger partial charge in [-0.3, -0.25) is 54.0 Å². The lowest BCUT2D eigenvalue weighted by Crippen LogP contribution is -2.70. The van der Waals surface area contributed by atoms with Crippen LogP contribution in [-0.2, 0) is 71.0 Å². The fraction of sp³-hybridized carbons (Fsp3) is 0.463. The summed E-state index contributed by atoms with van der Waals surface area (Å²) in [5, 5.41) is 56.7. The molecular formula is C67H87N17O18. The molecule has 16 N–H and O–H groups in total. The van der Waals surface area contributed by atoms with Crippen LogP contribution in [0.5, 0.6) is 11.5 Å².